The van der Waals surface area contributed by atoms with Crippen molar-refractivity contribution in [1.82, 2.24) is 15.5 Å². The van der Waals surface area contributed by atoms with Crippen LogP contribution in [0.4, 0.5) is 4.79 Å². The first-order valence-corrected chi connectivity index (χ1v) is 8.50. The van der Waals surface area contributed by atoms with Crippen molar-refractivity contribution in [3.63, 3.8) is 0 Å². The summed E-state index contributed by atoms with van der Waals surface area (Å²) in [5.41, 5.74) is 0. The molecule has 1 atom stereocenters. The van der Waals surface area contributed by atoms with E-state index in [1.165, 1.54) is 25.7 Å². The average molecular weight is 295 g/mol. The lowest BCUT2D eigenvalue weighted by Gasteiger charge is -2.33. The molecular formula is C16H29N3O2. The lowest BCUT2D eigenvalue weighted by Crippen LogP contribution is -2.48. The molecule has 2 aliphatic rings. The Hall–Kier alpha value is -1.26. The minimum atomic E-state index is -0.0207. The summed E-state index contributed by atoms with van der Waals surface area (Å²) in [5, 5.41) is 5.95. The zero-order valence-corrected chi connectivity index (χ0v) is 13.2. The third-order valence-corrected chi connectivity index (χ3v) is 4.66. The van der Waals surface area contributed by atoms with Gasteiger partial charge in [0.05, 0.1) is 0 Å². The van der Waals surface area contributed by atoms with Crippen LogP contribution in [0, 0.1) is 0 Å². The highest BCUT2D eigenvalue weighted by Crippen LogP contribution is 2.17. The summed E-state index contributed by atoms with van der Waals surface area (Å²) in [6.45, 7) is 3.36. The Labute approximate surface area is 127 Å². The van der Waals surface area contributed by atoms with E-state index in [2.05, 4.69) is 17.6 Å². The van der Waals surface area contributed by atoms with Crippen LogP contribution in [0.15, 0.2) is 0 Å². The highest BCUT2D eigenvalue weighted by atomic mass is 16.2. The van der Waals surface area contributed by atoms with Crippen LogP contribution in [0.2, 0.25) is 0 Å². The van der Waals surface area contributed by atoms with Gasteiger partial charge in [-0.2, -0.15) is 0 Å². The van der Waals surface area contributed by atoms with Gasteiger partial charge in [-0.1, -0.05) is 19.3 Å². The number of carbonyl (C=O) groups is 2. The van der Waals surface area contributed by atoms with Crippen LogP contribution in [0.25, 0.3) is 0 Å². The second-order valence-corrected chi connectivity index (χ2v) is 6.42. The van der Waals surface area contributed by atoms with Gasteiger partial charge in [0.1, 0.15) is 0 Å². The summed E-state index contributed by atoms with van der Waals surface area (Å²) in [6.07, 6.45) is 9.67. The summed E-state index contributed by atoms with van der Waals surface area (Å²) in [6, 6.07) is 0.645. The van der Waals surface area contributed by atoms with E-state index in [-0.39, 0.29) is 11.9 Å². The monoisotopic (exact) mass is 295 g/mol. The number of hydrogen-bond acceptors (Lipinski definition) is 2. The van der Waals surface area contributed by atoms with E-state index in [0.29, 0.717) is 25.0 Å². The summed E-state index contributed by atoms with van der Waals surface area (Å²) in [5.74, 6) is 0.0638. The zero-order valence-electron chi connectivity index (χ0n) is 13.2. The predicted octanol–water partition coefficient (Wildman–Crippen LogP) is 2.41. The first-order chi connectivity index (χ1) is 10.2. The van der Waals surface area contributed by atoms with Crippen LogP contribution < -0.4 is 10.6 Å². The first kappa shape index (κ1) is 16.1. The van der Waals surface area contributed by atoms with Crippen LogP contribution in [0.5, 0.6) is 0 Å². The van der Waals surface area contributed by atoms with Gasteiger partial charge in [-0.25, -0.2) is 4.79 Å². The van der Waals surface area contributed by atoms with Crippen LogP contribution in [-0.2, 0) is 4.79 Å². The minimum absolute atomic E-state index is 0.0207. The van der Waals surface area contributed by atoms with E-state index in [9.17, 15) is 9.59 Å². The number of piperidine rings is 1. The second kappa shape index (κ2) is 8.25. The Morgan fingerprint density at radius 3 is 2.48 bits per heavy atom. The van der Waals surface area contributed by atoms with E-state index >= 15 is 0 Å². The Balaban J connectivity index is 1.61. The molecule has 1 saturated carbocycles. The molecule has 0 bridgehead atoms. The number of nitrogens with zero attached hydrogens (tertiary/aromatic N) is 1. The van der Waals surface area contributed by atoms with Crippen molar-refractivity contribution in [3.05, 3.63) is 0 Å². The van der Waals surface area contributed by atoms with Crippen LogP contribution in [-0.4, -0.2) is 42.0 Å². The van der Waals surface area contributed by atoms with Crippen LogP contribution in [0.3, 0.4) is 0 Å². The van der Waals surface area contributed by atoms with Crippen molar-refractivity contribution in [2.45, 2.75) is 76.8 Å². The molecule has 1 aliphatic carbocycles. The van der Waals surface area contributed by atoms with Gasteiger partial charge in [0.25, 0.3) is 0 Å². The topological polar surface area (TPSA) is 61.4 Å². The maximum Gasteiger partial charge on any atom is 0.317 e. The molecule has 2 fully saturated rings. The smallest absolute Gasteiger partial charge is 0.317 e. The van der Waals surface area contributed by atoms with E-state index < -0.39 is 0 Å². The van der Waals surface area contributed by atoms with Gasteiger partial charge in [-0.05, 0) is 39.0 Å². The Bertz CT molecular complexity index is 353. The summed E-state index contributed by atoms with van der Waals surface area (Å²) in [4.78, 5) is 25.8. The molecule has 1 heterocycles. The van der Waals surface area contributed by atoms with E-state index in [4.69, 9.17) is 0 Å². The number of likely N-dealkylation sites (tertiary alicyclic amines) is 1. The largest absolute Gasteiger partial charge is 0.353 e. The molecule has 1 aliphatic heterocycles. The number of hydrogen-bond donors (Lipinski definition) is 2. The molecule has 0 aromatic heterocycles. The molecule has 1 saturated heterocycles. The molecule has 0 aromatic carbocycles. The number of rotatable bonds is 4. The molecule has 2 rings (SSSR count). The fourth-order valence-electron chi connectivity index (χ4n) is 3.33. The molecule has 0 radical (unpaired) electrons. The summed E-state index contributed by atoms with van der Waals surface area (Å²) < 4.78 is 0. The number of amides is 3. The summed E-state index contributed by atoms with van der Waals surface area (Å²) in [7, 11) is 0. The van der Waals surface area contributed by atoms with Crippen molar-refractivity contribution >= 4 is 11.9 Å². The molecule has 120 valence electrons. The molecule has 0 aromatic rings. The van der Waals surface area contributed by atoms with Crippen molar-refractivity contribution in [1.29, 1.82) is 0 Å². The third kappa shape index (κ3) is 5.21. The van der Waals surface area contributed by atoms with Gasteiger partial charge in [0, 0.05) is 31.6 Å². The molecule has 2 N–H and O–H groups in total. The van der Waals surface area contributed by atoms with Crippen molar-refractivity contribution < 1.29 is 9.59 Å². The Morgan fingerprint density at radius 2 is 1.76 bits per heavy atom. The third-order valence-electron chi connectivity index (χ3n) is 4.66. The van der Waals surface area contributed by atoms with Crippen molar-refractivity contribution in [2.24, 2.45) is 0 Å². The molecule has 21 heavy (non-hydrogen) atoms. The fraction of sp³-hybridized carbons (Fsp3) is 0.875. The second-order valence-electron chi connectivity index (χ2n) is 6.42. The molecule has 1 unspecified atom stereocenters. The van der Waals surface area contributed by atoms with Crippen molar-refractivity contribution in [2.75, 3.05) is 13.1 Å². The van der Waals surface area contributed by atoms with Gasteiger partial charge in [-0.3, -0.25) is 4.79 Å². The van der Waals surface area contributed by atoms with Crippen LogP contribution >= 0.6 is 0 Å². The first-order valence-electron chi connectivity index (χ1n) is 8.50. The van der Waals surface area contributed by atoms with Gasteiger partial charge in [-0.15, -0.1) is 0 Å². The molecule has 5 heteroatoms. The maximum atomic E-state index is 12.1. The number of urea groups is 1. The highest BCUT2D eigenvalue weighted by molar-refractivity contribution is 5.78. The van der Waals surface area contributed by atoms with E-state index in [0.717, 1.165) is 32.2 Å². The van der Waals surface area contributed by atoms with Gasteiger partial charge >= 0.3 is 6.03 Å². The predicted molar refractivity (Wildman–Crippen MR) is 83.1 cm³/mol. The lowest BCUT2D eigenvalue weighted by atomic mass is 9.95. The fourth-order valence-corrected chi connectivity index (χ4v) is 3.33. The SMILES string of the molecule is CC1CCCCN1C(=O)NCCC(=O)NC1CCCCC1. The molecule has 0 spiro atoms. The quantitative estimate of drug-likeness (QED) is 0.836. The van der Waals surface area contributed by atoms with E-state index in [1.807, 2.05) is 4.90 Å². The zero-order chi connectivity index (χ0) is 15.1. The Kier molecular flexibility index (Phi) is 6.33. The molecule has 3 amide bonds. The highest BCUT2D eigenvalue weighted by Gasteiger charge is 2.23. The Morgan fingerprint density at radius 1 is 1.05 bits per heavy atom. The normalized spacial score (nSPS) is 23.7. The minimum Gasteiger partial charge on any atom is -0.353 e. The van der Waals surface area contributed by atoms with Gasteiger partial charge in [0.2, 0.25) is 5.91 Å². The molecule has 5 nitrogen and oxygen atoms in total. The van der Waals surface area contributed by atoms with Crippen LogP contribution in [0.1, 0.15) is 64.7 Å². The van der Waals surface area contributed by atoms with E-state index in [1.54, 1.807) is 0 Å². The lowest BCUT2D eigenvalue weighted by molar-refractivity contribution is -0.121. The number of nitrogens with one attached hydrogen (secondary N) is 2. The van der Waals surface area contributed by atoms with Crippen molar-refractivity contribution in [3.8, 4) is 0 Å². The van der Waals surface area contributed by atoms with Gasteiger partial charge in [0.15, 0.2) is 0 Å². The maximum absolute atomic E-state index is 12.1. The standard InChI is InChI=1S/C16H29N3O2/c1-13-7-5-6-12-19(13)16(21)17-11-10-15(20)18-14-8-3-2-4-9-14/h13-14H,2-12H2,1H3,(H,17,21)(H,18,20). The van der Waals surface area contributed by atoms with Gasteiger partial charge < -0.3 is 15.5 Å². The molecular weight excluding hydrogens is 266 g/mol. The summed E-state index contributed by atoms with van der Waals surface area (Å²) >= 11 is 0. The average Bonchev–Trinajstić information content (AvgIpc) is 2.48. The number of carbonyl (C=O) groups excluding carboxylic acids is 2.